The van der Waals surface area contributed by atoms with E-state index >= 15 is 0 Å². The van der Waals surface area contributed by atoms with Crippen LogP contribution in [-0.4, -0.2) is 12.1 Å². The Labute approximate surface area is 136 Å². The largest absolute Gasteiger partial charge is 0.459 e. The van der Waals surface area contributed by atoms with E-state index in [9.17, 15) is 4.79 Å². The van der Waals surface area contributed by atoms with Crippen LogP contribution < -0.4 is 0 Å². The van der Waals surface area contributed by atoms with E-state index in [0.29, 0.717) is 5.56 Å². The van der Waals surface area contributed by atoms with Crippen molar-refractivity contribution in [3.8, 4) is 0 Å². The second kappa shape index (κ2) is 6.66. The molecule has 0 saturated carbocycles. The molecule has 0 amide bonds. The van der Waals surface area contributed by atoms with Crippen LogP contribution in [0.15, 0.2) is 66.7 Å². The SMILES string of the molecule is CC(C)OC(=O)c1ccc2cc(Cc3ccccc3)ccc2c1. The number of fused-ring (bicyclic) bond motifs is 1. The third-order valence-corrected chi connectivity index (χ3v) is 3.73. The van der Waals surface area contributed by atoms with Crippen LogP contribution in [0.3, 0.4) is 0 Å². The third-order valence-electron chi connectivity index (χ3n) is 3.73. The predicted octanol–water partition coefficient (Wildman–Crippen LogP) is 5.00. The van der Waals surface area contributed by atoms with Gasteiger partial charge < -0.3 is 4.74 Å². The summed E-state index contributed by atoms with van der Waals surface area (Å²) in [5, 5.41) is 2.19. The molecule has 0 spiro atoms. The fourth-order valence-electron chi connectivity index (χ4n) is 2.65. The smallest absolute Gasteiger partial charge is 0.338 e. The zero-order valence-electron chi connectivity index (χ0n) is 13.5. The molecule has 2 nitrogen and oxygen atoms in total. The Balaban J connectivity index is 1.85. The molecule has 0 atom stereocenters. The van der Waals surface area contributed by atoms with Crippen molar-refractivity contribution in [3.05, 3.63) is 83.4 Å². The van der Waals surface area contributed by atoms with Gasteiger partial charge in [-0.05, 0) is 54.3 Å². The summed E-state index contributed by atoms with van der Waals surface area (Å²) in [6.45, 7) is 3.71. The van der Waals surface area contributed by atoms with Crippen molar-refractivity contribution in [3.63, 3.8) is 0 Å². The first-order valence-electron chi connectivity index (χ1n) is 7.89. The summed E-state index contributed by atoms with van der Waals surface area (Å²) in [6, 6.07) is 22.5. The molecule has 0 saturated heterocycles. The fourth-order valence-corrected chi connectivity index (χ4v) is 2.65. The van der Waals surface area contributed by atoms with Gasteiger partial charge in [0.2, 0.25) is 0 Å². The molecule has 3 aromatic rings. The second-order valence-electron chi connectivity index (χ2n) is 6.01. The highest BCUT2D eigenvalue weighted by molar-refractivity contribution is 5.95. The molecule has 0 radical (unpaired) electrons. The Morgan fingerprint density at radius 2 is 1.57 bits per heavy atom. The van der Waals surface area contributed by atoms with Gasteiger partial charge in [-0.2, -0.15) is 0 Å². The Hall–Kier alpha value is -2.61. The van der Waals surface area contributed by atoms with Gasteiger partial charge in [0, 0.05) is 0 Å². The molecule has 3 aromatic carbocycles. The van der Waals surface area contributed by atoms with Crippen molar-refractivity contribution in [1.82, 2.24) is 0 Å². The second-order valence-corrected chi connectivity index (χ2v) is 6.01. The highest BCUT2D eigenvalue weighted by Crippen LogP contribution is 2.20. The summed E-state index contributed by atoms with van der Waals surface area (Å²) in [5.74, 6) is -0.268. The minimum absolute atomic E-state index is 0.105. The lowest BCUT2D eigenvalue weighted by Crippen LogP contribution is -2.11. The molecule has 0 aliphatic heterocycles. The van der Waals surface area contributed by atoms with E-state index in [2.05, 4.69) is 42.5 Å². The Kier molecular flexibility index (Phi) is 4.42. The summed E-state index contributed by atoms with van der Waals surface area (Å²) < 4.78 is 5.25. The van der Waals surface area contributed by atoms with E-state index in [1.165, 1.54) is 11.1 Å². The summed E-state index contributed by atoms with van der Waals surface area (Å²) in [7, 11) is 0. The van der Waals surface area contributed by atoms with Crippen LogP contribution in [0.5, 0.6) is 0 Å². The summed E-state index contributed by atoms with van der Waals surface area (Å²) in [5.41, 5.74) is 3.16. The molecule has 3 rings (SSSR count). The lowest BCUT2D eigenvalue weighted by atomic mass is 10.00. The number of hydrogen-bond acceptors (Lipinski definition) is 2. The monoisotopic (exact) mass is 304 g/mol. The Bertz CT molecular complexity index is 820. The molecule has 116 valence electrons. The van der Waals surface area contributed by atoms with Gasteiger partial charge >= 0.3 is 5.97 Å². The van der Waals surface area contributed by atoms with Crippen molar-refractivity contribution < 1.29 is 9.53 Å². The van der Waals surface area contributed by atoms with Crippen LogP contribution in [0, 0.1) is 0 Å². The van der Waals surface area contributed by atoms with Gasteiger partial charge in [0.1, 0.15) is 0 Å². The van der Waals surface area contributed by atoms with E-state index in [1.54, 1.807) is 0 Å². The van der Waals surface area contributed by atoms with Crippen LogP contribution in [-0.2, 0) is 11.2 Å². The molecule has 0 aliphatic rings. The number of ether oxygens (including phenoxy) is 1. The molecular weight excluding hydrogens is 284 g/mol. The summed E-state index contributed by atoms with van der Waals surface area (Å²) >= 11 is 0. The standard InChI is InChI=1S/C21H20O2/c1-15(2)23-21(22)20-11-10-18-13-17(8-9-19(18)14-20)12-16-6-4-3-5-7-16/h3-11,13-15H,12H2,1-2H3. The zero-order chi connectivity index (χ0) is 16.2. The molecule has 0 unspecified atom stereocenters. The number of hydrogen-bond donors (Lipinski definition) is 0. The highest BCUT2D eigenvalue weighted by atomic mass is 16.5. The van der Waals surface area contributed by atoms with Crippen LogP contribution in [0.1, 0.15) is 35.3 Å². The summed E-state index contributed by atoms with van der Waals surface area (Å²) in [6.07, 6.45) is 0.805. The average molecular weight is 304 g/mol. The minimum Gasteiger partial charge on any atom is -0.459 e. The van der Waals surface area contributed by atoms with Crippen LogP contribution in [0.25, 0.3) is 10.8 Å². The zero-order valence-corrected chi connectivity index (χ0v) is 13.5. The number of esters is 1. The molecule has 0 heterocycles. The van der Waals surface area contributed by atoms with Crippen molar-refractivity contribution in [1.29, 1.82) is 0 Å². The van der Waals surface area contributed by atoms with Gasteiger partial charge in [-0.25, -0.2) is 4.79 Å². The molecule has 2 heteroatoms. The number of carbonyl (C=O) groups excluding carboxylic acids is 1. The quantitative estimate of drug-likeness (QED) is 0.634. The van der Waals surface area contributed by atoms with E-state index in [-0.39, 0.29) is 12.1 Å². The van der Waals surface area contributed by atoms with E-state index in [1.807, 2.05) is 38.1 Å². The maximum absolute atomic E-state index is 12.0. The highest BCUT2D eigenvalue weighted by Gasteiger charge is 2.09. The number of carbonyl (C=O) groups is 1. The van der Waals surface area contributed by atoms with Crippen LogP contribution >= 0.6 is 0 Å². The first-order valence-corrected chi connectivity index (χ1v) is 7.89. The van der Waals surface area contributed by atoms with Gasteiger partial charge in [0.15, 0.2) is 0 Å². The molecule has 0 fully saturated rings. The third kappa shape index (κ3) is 3.78. The molecule has 23 heavy (non-hydrogen) atoms. The van der Waals surface area contributed by atoms with Crippen molar-refractivity contribution in [2.75, 3.05) is 0 Å². The van der Waals surface area contributed by atoms with E-state index in [4.69, 9.17) is 4.74 Å². The van der Waals surface area contributed by atoms with E-state index in [0.717, 1.165) is 17.2 Å². The molecule has 0 N–H and O–H groups in total. The first-order chi connectivity index (χ1) is 11.1. The topological polar surface area (TPSA) is 26.3 Å². The normalized spacial score (nSPS) is 10.9. The Morgan fingerprint density at radius 1 is 0.870 bits per heavy atom. The van der Waals surface area contributed by atoms with Gasteiger partial charge in [-0.1, -0.05) is 54.6 Å². The van der Waals surface area contributed by atoms with Crippen molar-refractivity contribution >= 4 is 16.7 Å². The Morgan fingerprint density at radius 3 is 2.30 bits per heavy atom. The molecule has 0 aliphatic carbocycles. The minimum atomic E-state index is -0.268. The predicted molar refractivity (Wildman–Crippen MR) is 93.7 cm³/mol. The first kappa shape index (κ1) is 15.3. The lowest BCUT2D eigenvalue weighted by Gasteiger charge is -2.09. The fraction of sp³-hybridized carbons (Fsp3) is 0.190. The number of benzene rings is 3. The lowest BCUT2D eigenvalue weighted by molar-refractivity contribution is 0.0378. The molecule has 0 aromatic heterocycles. The van der Waals surface area contributed by atoms with Crippen LogP contribution in [0.4, 0.5) is 0 Å². The van der Waals surface area contributed by atoms with Gasteiger partial charge in [-0.15, -0.1) is 0 Å². The van der Waals surface area contributed by atoms with Crippen molar-refractivity contribution in [2.24, 2.45) is 0 Å². The average Bonchev–Trinajstić information content (AvgIpc) is 2.54. The van der Waals surface area contributed by atoms with Crippen molar-refractivity contribution in [2.45, 2.75) is 26.4 Å². The maximum atomic E-state index is 12.0. The van der Waals surface area contributed by atoms with Gasteiger partial charge in [0.05, 0.1) is 11.7 Å². The molecule has 0 bridgehead atoms. The van der Waals surface area contributed by atoms with E-state index < -0.39 is 0 Å². The summed E-state index contributed by atoms with van der Waals surface area (Å²) in [4.78, 5) is 12.0. The number of rotatable bonds is 4. The van der Waals surface area contributed by atoms with Gasteiger partial charge in [0.25, 0.3) is 0 Å². The maximum Gasteiger partial charge on any atom is 0.338 e. The van der Waals surface area contributed by atoms with Gasteiger partial charge in [-0.3, -0.25) is 0 Å². The van der Waals surface area contributed by atoms with Crippen LogP contribution in [0.2, 0.25) is 0 Å². The molecular formula is C21H20O2.